The molecular weight excluding hydrogens is 216 g/mol. The molecule has 1 fully saturated rings. The van der Waals surface area contributed by atoms with Gasteiger partial charge in [0, 0.05) is 12.5 Å². The second-order valence-electron chi connectivity index (χ2n) is 4.39. The molecule has 1 aliphatic rings. The van der Waals surface area contributed by atoms with E-state index in [9.17, 15) is 4.79 Å². The fourth-order valence-electron chi connectivity index (χ4n) is 1.93. The molecule has 1 aliphatic heterocycles. The van der Waals surface area contributed by atoms with E-state index in [1.54, 1.807) is 0 Å². The van der Waals surface area contributed by atoms with Crippen LogP contribution in [-0.4, -0.2) is 25.6 Å². The Kier molecular flexibility index (Phi) is 4.29. The zero-order chi connectivity index (χ0) is 12.1. The van der Waals surface area contributed by atoms with Crippen molar-refractivity contribution in [2.24, 2.45) is 5.92 Å². The third-order valence-electron chi connectivity index (χ3n) is 3.13. The first-order valence-electron chi connectivity index (χ1n) is 6.04. The molecular formula is C14H18O3. The number of carbonyl (C=O) groups is 1. The minimum Gasteiger partial charge on any atom is -0.381 e. The van der Waals surface area contributed by atoms with Crippen molar-refractivity contribution >= 4 is 5.78 Å². The maximum Gasteiger partial charge on any atom is 0.163 e. The van der Waals surface area contributed by atoms with Gasteiger partial charge in [-0.05, 0) is 18.9 Å². The van der Waals surface area contributed by atoms with Crippen LogP contribution in [0.5, 0.6) is 0 Å². The van der Waals surface area contributed by atoms with Gasteiger partial charge < -0.3 is 9.47 Å². The van der Waals surface area contributed by atoms with Crippen LogP contribution in [0.1, 0.15) is 25.0 Å². The predicted octanol–water partition coefficient (Wildman–Crippen LogP) is 2.37. The summed E-state index contributed by atoms with van der Waals surface area (Å²) in [6, 6.07) is 9.93. The second-order valence-corrected chi connectivity index (χ2v) is 4.39. The molecule has 92 valence electrons. The molecule has 1 aromatic rings. The van der Waals surface area contributed by atoms with Crippen LogP contribution >= 0.6 is 0 Å². The first-order chi connectivity index (χ1) is 8.27. The van der Waals surface area contributed by atoms with Crippen LogP contribution in [0.15, 0.2) is 30.3 Å². The summed E-state index contributed by atoms with van der Waals surface area (Å²) in [5.74, 6) is 0.197. The molecule has 0 spiro atoms. The Balaban J connectivity index is 1.80. The summed E-state index contributed by atoms with van der Waals surface area (Å²) >= 11 is 0. The molecule has 0 aromatic heterocycles. The highest BCUT2D eigenvalue weighted by Crippen LogP contribution is 2.18. The first-order valence-corrected chi connectivity index (χ1v) is 6.04. The lowest BCUT2D eigenvalue weighted by Crippen LogP contribution is -2.20. The number of hydrogen-bond acceptors (Lipinski definition) is 3. The number of hydrogen-bond donors (Lipinski definition) is 0. The number of Topliss-reactive ketones (excluding diaryl/α,β-unsaturated/α-hetero) is 1. The lowest BCUT2D eigenvalue weighted by molar-refractivity contribution is -0.129. The molecule has 0 saturated carbocycles. The largest absolute Gasteiger partial charge is 0.381 e. The Morgan fingerprint density at radius 1 is 1.47 bits per heavy atom. The summed E-state index contributed by atoms with van der Waals surface area (Å²) in [6.07, 6.45) is 0.796. The maximum absolute atomic E-state index is 11.8. The Hall–Kier alpha value is -1.19. The van der Waals surface area contributed by atoms with Gasteiger partial charge in [-0.1, -0.05) is 30.3 Å². The van der Waals surface area contributed by atoms with Gasteiger partial charge >= 0.3 is 0 Å². The molecule has 1 aromatic carbocycles. The van der Waals surface area contributed by atoms with Gasteiger partial charge in [0.15, 0.2) is 5.78 Å². The normalized spacial score (nSPS) is 21.4. The van der Waals surface area contributed by atoms with Crippen molar-refractivity contribution < 1.29 is 14.3 Å². The van der Waals surface area contributed by atoms with Gasteiger partial charge in [0.05, 0.1) is 12.7 Å². The highest BCUT2D eigenvalue weighted by atomic mass is 16.5. The van der Waals surface area contributed by atoms with E-state index in [1.165, 1.54) is 0 Å². The third kappa shape index (κ3) is 3.38. The van der Waals surface area contributed by atoms with Crippen LogP contribution in [0, 0.1) is 5.92 Å². The number of carbonyl (C=O) groups excluding carboxylic acids is 1. The van der Waals surface area contributed by atoms with Crippen LogP contribution in [0.25, 0.3) is 0 Å². The second kappa shape index (κ2) is 5.94. The summed E-state index contributed by atoms with van der Waals surface area (Å²) < 4.78 is 10.8. The van der Waals surface area contributed by atoms with E-state index >= 15 is 0 Å². The van der Waals surface area contributed by atoms with Gasteiger partial charge in [0.1, 0.15) is 6.61 Å². The summed E-state index contributed by atoms with van der Waals surface area (Å²) in [4.78, 5) is 11.8. The van der Waals surface area contributed by atoms with E-state index in [0.717, 1.165) is 12.0 Å². The molecule has 3 nitrogen and oxygen atoms in total. The number of ketones is 1. The molecule has 3 heteroatoms. The van der Waals surface area contributed by atoms with Crippen LogP contribution in [0.2, 0.25) is 0 Å². The summed E-state index contributed by atoms with van der Waals surface area (Å²) in [5, 5.41) is 0. The molecule has 2 unspecified atom stereocenters. The third-order valence-corrected chi connectivity index (χ3v) is 3.13. The van der Waals surface area contributed by atoms with Crippen molar-refractivity contribution in [3.8, 4) is 0 Å². The van der Waals surface area contributed by atoms with E-state index < -0.39 is 0 Å². The quantitative estimate of drug-likeness (QED) is 0.784. The Morgan fingerprint density at radius 3 is 2.88 bits per heavy atom. The molecule has 0 N–H and O–H groups in total. The SMILES string of the molecule is CC(OCC(=O)C1CCOC1)c1ccccc1. The molecule has 0 amide bonds. The van der Waals surface area contributed by atoms with Crippen LogP contribution in [-0.2, 0) is 14.3 Å². The van der Waals surface area contributed by atoms with Gasteiger partial charge in [-0.15, -0.1) is 0 Å². The smallest absolute Gasteiger partial charge is 0.163 e. The molecule has 1 saturated heterocycles. The van der Waals surface area contributed by atoms with E-state index in [0.29, 0.717) is 13.2 Å². The summed E-state index contributed by atoms with van der Waals surface area (Å²) in [6.45, 7) is 3.41. The average Bonchev–Trinajstić information content (AvgIpc) is 2.90. The lowest BCUT2D eigenvalue weighted by atomic mass is 10.0. The van der Waals surface area contributed by atoms with Gasteiger partial charge in [-0.25, -0.2) is 0 Å². The van der Waals surface area contributed by atoms with Crippen LogP contribution in [0.4, 0.5) is 0 Å². The maximum atomic E-state index is 11.8. The van der Waals surface area contributed by atoms with Crippen molar-refractivity contribution in [3.63, 3.8) is 0 Å². The Bertz CT molecular complexity index is 355. The van der Waals surface area contributed by atoms with Crippen LogP contribution in [0.3, 0.4) is 0 Å². The van der Waals surface area contributed by atoms with E-state index in [-0.39, 0.29) is 24.4 Å². The predicted molar refractivity (Wildman–Crippen MR) is 64.7 cm³/mol. The highest BCUT2D eigenvalue weighted by molar-refractivity contribution is 5.82. The monoisotopic (exact) mass is 234 g/mol. The van der Waals surface area contributed by atoms with Crippen LogP contribution < -0.4 is 0 Å². The zero-order valence-electron chi connectivity index (χ0n) is 10.1. The fraction of sp³-hybridized carbons (Fsp3) is 0.500. The Labute approximate surface area is 102 Å². The molecule has 1 heterocycles. The van der Waals surface area contributed by atoms with Crippen molar-refractivity contribution in [2.45, 2.75) is 19.4 Å². The van der Waals surface area contributed by atoms with Gasteiger partial charge in [0.25, 0.3) is 0 Å². The zero-order valence-corrected chi connectivity index (χ0v) is 10.1. The standard InChI is InChI=1S/C14H18O3/c1-11(12-5-3-2-4-6-12)17-10-14(15)13-7-8-16-9-13/h2-6,11,13H,7-10H2,1H3. The topological polar surface area (TPSA) is 35.5 Å². The highest BCUT2D eigenvalue weighted by Gasteiger charge is 2.23. The molecule has 0 bridgehead atoms. The van der Waals surface area contributed by atoms with Crippen molar-refractivity contribution in [1.82, 2.24) is 0 Å². The van der Waals surface area contributed by atoms with E-state index in [2.05, 4.69) is 0 Å². The number of ether oxygens (including phenoxy) is 2. The average molecular weight is 234 g/mol. The van der Waals surface area contributed by atoms with Gasteiger partial charge in [-0.2, -0.15) is 0 Å². The fourth-order valence-corrected chi connectivity index (χ4v) is 1.93. The molecule has 0 radical (unpaired) electrons. The molecule has 2 rings (SSSR count). The van der Waals surface area contributed by atoms with Gasteiger partial charge in [-0.3, -0.25) is 4.79 Å². The number of rotatable bonds is 5. The summed E-state index contributed by atoms with van der Waals surface area (Å²) in [7, 11) is 0. The van der Waals surface area contributed by atoms with Crippen molar-refractivity contribution in [1.29, 1.82) is 0 Å². The molecule has 17 heavy (non-hydrogen) atoms. The molecule has 0 aliphatic carbocycles. The molecule has 2 atom stereocenters. The first kappa shape index (κ1) is 12.3. The number of benzene rings is 1. The van der Waals surface area contributed by atoms with E-state index in [4.69, 9.17) is 9.47 Å². The Morgan fingerprint density at radius 2 is 2.24 bits per heavy atom. The summed E-state index contributed by atoms with van der Waals surface area (Å²) in [5.41, 5.74) is 1.10. The van der Waals surface area contributed by atoms with Crippen molar-refractivity contribution in [3.05, 3.63) is 35.9 Å². The minimum atomic E-state index is -0.0394. The van der Waals surface area contributed by atoms with E-state index in [1.807, 2.05) is 37.3 Å². The lowest BCUT2D eigenvalue weighted by Gasteiger charge is -2.14. The van der Waals surface area contributed by atoms with Crippen molar-refractivity contribution in [2.75, 3.05) is 19.8 Å². The van der Waals surface area contributed by atoms with Gasteiger partial charge in [0.2, 0.25) is 0 Å². The minimum absolute atomic E-state index is 0.0394.